The van der Waals surface area contributed by atoms with Crippen LogP contribution in [0, 0.1) is 0 Å². The van der Waals surface area contributed by atoms with E-state index < -0.39 is 0 Å². The van der Waals surface area contributed by atoms with E-state index in [4.69, 9.17) is 0 Å². The van der Waals surface area contributed by atoms with Crippen molar-refractivity contribution in [3.8, 4) is 0 Å². The van der Waals surface area contributed by atoms with Crippen LogP contribution in [0.4, 0.5) is 0 Å². The van der Waals surface area contributed by atoms with Gasteiger partial charge in [-0.1, -0.05) is 0 Å². The van der Waals surface area contributed by atoms with Gasteiger partial charge in [-0.15, -0.1) is 0 Å². The van der Waals surface area contributed by atoms with Gasteiger partial charge in [-0.2, -0.15) is 0 Å². The average molecular weight is 179 g/mol. The van der Waals surface area contributed by atoms with Gasteiger partial charge < -0.3 is 9.47 Å². The van der Waals surface area contributed by atoms with Gasteiger partial charge in [0.25, 0.3) is 5.91 Å². The summed E-state index contributed by atoms with van der Waals surface area (Å²) in [5.41, 5.74) is 0.708. The van der Waals surface area contributed by atoms with Crippen LogP contribution in [-0.2, 0) is 6.54 Å². The maximum Gasteiger partial charge on any atom is 0.272 e. The van der Waals surface area contributed by atoms with E-state index in [0.717, 1.165) is 13.1 Å². The first-order chi connectivity index (χ1) is 6.20. The van der Waals surface area contributed by atoms with Crippen molar-refractivity contribution in [1.29, 1.82) is 0 Å². The molecule has 4 heteroatoms. The molecule has 2 heterocycles. The Morgan fingerprint density at radius 1 is 1.46 bits per heavy atom. The highest BCUT2D eigenvalue weighted by molar-refractivity contribution is 5.93. The van der Waals surface area contributed by atoms with Crippen LogP contribution in [0.2, 0.25) is 0 Å². The normalized spacial score (nSPS) is 16.5. The third kappa shape index (κ3) is 1.22. The van der Waals surface area contributed by atoms with E-state index >= 15 is 0 Å². The molecule has 1 aromatic heterocycles. The number of hydrogen-bond acceptors (Lipinski definition) is 2. The topological polar surface area (TPSA) is 38.1 Å². The van der Waals surface area contributed by atoms with Crippen LogP contribution in [-0.4, -0.2) is 32.9 Å². The summed E-state index contributed by atoms with van der Waals surface area (Å²) in [6.45, 7) is 5.72. The Balaban J connectivity index is 2.32. The van der Waals surface area contributed by atoms with Crippen molar-refractivity contribution in [2.24, 2.45) is 0 Å². The first-order valence-electron chi connectivity index (χ1n) is 4.51. The van der Waals surface area contributed by atoms with Crippen molar-refractivity contribution in [3.05, 3.63) is 18.2 Å². The number of nitrogens with zero attached hydrogens (tertiary/aromatic N) is 3. The molecule has 0 saturated heterocycles. The fourth-order valence-electron chi connectivity index (χ4n) is 1.63. The van der Waals surface area contributed by atoms with Crippen LogP contribution in [0.15, 0.2) is 12.5 Å². The molecule has 0 bridgehead atoms. The molecule has 0 atom stereocenters. The Morgan fingerprint density at radius 3 is 2.92 bits per heavy atom. The van der Waals surface area contributed by atoms with Crippen LogP contribution in [0.3, 0.4) is 0 Å². The smallest absolute Gasteiger partial charge is 0.272 e. The highest BCUT2D eigenvalue weighted by Crippen LogP contribution is 2.13. The maximum atomic E-state index is 11.8. The molecule has 0 spiro atoms. The number of imidazole rings is 1. The molecule has 2 rings (SSSR count). The second-order valence-corrected chi connectivity index (χ2v) is 3.56. The molecule has 13 heavy (non-hydrogen) atoms. The van der Waals surface area contributed by atoms with Crippen molar-refractivity contribution >= 4 is 5.91 Å². The van der Waals surface area contributed by atoms with Gasteiger partial charge in [-0.3, -0.25) is 4.79 Å². The number of carbonyl (C=O) groups excluding carboxylic acids is 1. The summed E-state index contributed by atoms with van der Waals surface area (Å²) in [5, 5.41) is 0. The van der Waals surface area contributed by atoms with Crippen LogP contribution < -0.4 is 0 Å². The van der Waals surface area contributed by atoms with E-state index in [9.17, 15) is 4.79 Å². The number of aromatic nitrogens is 2. The Labute approximate surface area is 77.2 Å². The van der Waals surface area contributed by atoms with Gasteiger partial charge in [0.15, 0.2) is 0 Å². The summed E-state index contributed by atoms with van der Waals surface area (Å²) >= 11 is 0. The van der Waals surface area contributed by atoms with Crippen LogP contribution in [0.1, 0.15) is 24.3 Å². The lowest BCUT2D eigenvalue weighted by Gasteiger charge is -2.31. The zero-order valence-corrected chi connectivity index (χ0v) is 7.90. The molecule has 0 aromatic carbocycles. The predicted molar refractivity (Wildman–Crippen MR) is 48.4 cm³/mol. The van der Waals surface area contributed by atoms with E-state index in [1.807, 2.05) is 23.3 Å². The van der Waals surface area contributed by atoms with Gasteiger partial charge in [0.1, 0.15) is 5.69 Å². The highest BCUT2D eigenvalue weighted by atomic mass is 16.2. The molecule has 0 saturated carbocycles. The van der Waals surface area contributed by atoms with Crippen molar-refractivity contribution in [2.45, 2.75) is 26.4 Å². The van der Waals surface area contributed by atoms with Crippen LogP contribution in [0.5, 0.6) is 0 Å². The third-order valence-corrected chi connectivity index (χ3v) is 2.40. The Bertz CT molecular complexity index is 329. The summed E-state index contributed by atoms with van der Waals surface area (Å²) in [4.78, 5) is 17.6. The lowest BCUT2D eigenvalue weighted by atomic mass is 10.2. The average Bonchev–Trinajstić information content (AvgIpc) is 2.52. The minimum atomic E-state index is 0.0961. The fourth-order valence-corrected chi connectivity index (χ4v) is 1.63. The van der Waals surface area contributed by atoms with Crippen molar-refractivity contribution in [2.75, 3.05) is 6.54 Å². The second kappa shape index (κ2) is 2.87. The molecule has 0 fully saturated rings. The first-order valence-corrected chi connectivity index (χ1v) is 4.51. The number of amides is 1. The first kappa shape index (κ1) is 8.29. The van der Waals surface area contributed by atoms with Gasteiger partial charge >= 0.3 is 0 Å². The molecule has 1 aliphatic heterocycles. The molecule has 4 nitrogen and oxygen atoms in total. The molecule has 0 N–H and O–H groups in total. The largest absolute Gasteiger partial charge is 0.333 e. The lowest BCUT2D eigenvalue weighted by molar-refractivity contribution is 0.0649. The van der Waals surface area contributed by atoms with E-state index in [1.54, 1.807) is 12.5 Å². The Kier molecular flexibility index (Phi) is 1.83. The Morgan fingerprint density at radius 2 is 2.23 bits per heavy atom. The van der Waals surface area contributed by atoms with Crippen molar-refractivity contribution in [3.63, 3.8) is 0 Å². The number of hydrogen-bond donors (Lipinski definition) is 0. The monoisotopic (exact) mass is 179 g/mol. The van der Waals surface area contributed by atoms with Gasteiger partial charge in [0.2, 0.25) is 0 Å². The van der Waals surface area contributed by atoms with Crippen LogP contribution in [0.25, 0.3) is 0 Å². The minimum Gasteiger partial charge on any atom is -0.333 e. The van der Waals surface area contributed by atoms with E-state index in [2.05, 4.69) is 4.98 Å². The molecule has 1 amide bonds. The van der Waals surface area contributed by atoms with Crippen molar-refractivity contribution in [1.82, 2.24) is 14.5 Å². The van der Waals surface area contributed by atoms with Crippen LogP contribution >= 0.6 is 0 Å². The number of fused-ring (bicyclic) bond motifs is 1. The molecule has 1 aliphatic rings. The molecule has 0 unspecified atom stereocenters. The molecular formula is C9H13N3O. The summed E-state index contributed by atoms with van der Waals surface area (Å²) < 4.78 is 1.90. The van der Waals surface area contributed by atoms with Gasteiger partial charge in [-0.25, -0.2) is 4.98 Å². The summed E-state index contributed by atoms with van der Waals surface area (Å²) in [7, 11) is 0. The molecular weight excluding hydrogens is 166 g/mol. The summed E-state index contributed by atoms with van der Waals surface area (Å²) in [6.07, 6.45) is 3.35. The standard InChI is InChI=1S/C9H13N3O/c1-7(2)12-4-3-11-6-10-5-8(11)9(12)13/h5-7H,3-4H2,1-2H3. The van der Waals surface area contributed by atoms with E-state index in [0.29, 0.717) is 5.69 Å². The molecule has 70 valence electrons. The SMILES string of the molecule is CC(C)N1CCn2cncc2C1=O. The summed E-state index contributed by atoms with van der Waals surface area (Å²) in [6, 6.07) is 0.274. The lowest BCUT2D eigenvalue weighted by Crippen LogP contribution is -2.43. The highest BCUT2D eigenvalue weighted by Gasteiger charge is 2.25. The number of carbonyl (C=O) groups is 1. The van der Waals surface area contributed by atoms with E-state index in [1.165, 1.54) is 0 Å². The zero-order chi connectivity index (χ0) is 9.42. The van der Waals surface area contributed by atoms with Gasteiger partial charge in [0, 0.05) is 19.1 Å². The van der Waals surface area contributed by atoms with Gasteiger partial charge in [-0.05, 0) is 13.8 Å². The minimum absolute atomic E-state index is 0.0961. The maximum absolute atomic E-state index is 11.8. The zero-order valence-electron chi connectivity index (χ0n) is 7.90. The van der Waals surface area contributed by atoms with E-state index in [-0.39, 0.29) is 11.9 Å². The fraction of sp³-hybridized carbons (Fsp3) is 0.556. The predicted octanol–water partition coefficient (Wildman–Crippen LogP) is 0.747. The Hall–Kier alpha value is -1.32. The second-order valence-electron chi connectivity index (χ2n) is 3.56. The number of rotatable bonds is 1. The van der Waals surface area contributed by atoms with Gasteiger partial charge in [0.05, 0.1) is 12.5 Å². The van der Waals surface area contributed by atoms with Crippen molar-refractivity contribution < 1.29 is 4.79 Å². The quantitative estimate of drug-likeness (QED) is 0.638. The molecule has 0 radical (unpaired) electrons. The molecule has 1 aromatic rings. The third-order valence-electron chi connectivity index (χ3n) is 2.40. The summed E-state index contributed by atoms with van der Waals surface area (Å²) in [5.74, 6) is 0.0961. The molecule has 0 aliphatic carbocycles.